The first-order valence-corrected chi connectivity index (χ1v) is 7.87. The van der Waals surface area contributed by atoms with Crippen molar-refractivity contribution in [2.24, 2.45) is 5.73 Å². The van der Waals surface area contributed by atoms with Crippen LogP contribution >= 0.6 is 27.5 Å². The molecule has 0 saturated heterocycles. The number of fused-ring (bicyclic) bond motifs is 1. The van der Waals surface area contributed by atoms with Crippen molar-refractivity contribution in [2.75, 3.05) is 18.0 Å². The van der Waals surface area contributed by atoms with Crippen LogP contribution < -0.4 is 10.6 Å². The molecular formula is C16H16BrClN2. The van der Waals surface area contributed by atoms with Gasteiger partial charge in [0.15, 0.2) is 0 Å². The van der Waals surface area contributed by atoms with Crippen LogP contribution in [0.1, 0.15) is 17.2 Å². The summed E-state index contributed by atoms with van der Waals surface area (Å²) >= 11 is 9.84. The highest BCUT2D eigenvalue weighted by Crippen LogP contribution is 2.37. The van der Waals surface area contributed by atoms with Crippen molar-refractivity contribution >= 4 is 33.2 Å². The van der Waals surface area contributed by atoms with Crippen LogP contribution in [-0.2, 0) is 6.42 Å². The molecule has 0 aromatic heterocycles. The number of para-hydroxylation sites is 1. The van der Waals surface area contributed by atoms with Crippen molar-refractivity contribution in [3.05, 3.63) is 63.1 Å². The zero-order chi connectivity index (χ0) is 14.1. The summed E-state index contributed by atoms with van der Waals surface area (Å²) in [6, 6.07) is 14.7. The van der Waals surface area contributed by atoms with E-state index in [2.05, 4.69) is 51.2 Å². The summed E-state index contributed by atoms with van der Waals surface area (Å²) < 4.78 is 0.990. The minimum atomic E-state index is 0.124. The molecule has 1 heterocycles. The predicted molar refractivity (Wildman–Crippen MR) is 88.4 cm³/mol. The molecule has 4 heteroatoms. The molecule has 0 bridgehead atoms. The Hall–Kier alpha value is -1.03. The lowest BCUT2D eigenvalue weighted by Gasteiger charge is -2.30. The number of hydrogen-bond donors (Lipinski definition) is 1. The van der Waals surface area contributed by atoms with Gasteiger partial charge >= 0.3 is 0 Å². The molecule has 0 aliphatic carbocycles. The summed E-state index contributed by atoms with van der Waals surface area (Å²) in [5.41, 5.74) is 9.80. The number of benzene rings is 2. The lowest BCUT2D eigenvalue weighted by Crippen LogP contribution is -2.32. The van der Waals surface area contributed by atoms with Crippen molar-refractivity contribution in [1.29, 1.82) is 0 Å². The molecule has 2 N–H and O–H groups in total. The minimum absolute atomic E-state index is 0.124. The first-order chi connectivity index (χ1) is 9.70. The Morgan fingerprint density at radius 2 is 2.05 bits per heavy atom. The van der Waals surface area contributed by atoms with Crippen LogP contribution in [0.25, 0.3) is 0 Å². The Morgan fingerprint density at radius 3 is 2.80 bits per heavy atom. The molecule has 1 aliphatic heterocycles. The van der Waals surface area contributed by atoms with Crippen molar-refractivity contribution in [1.82, 2.24) is 0 Å². The third kappa shape index (κ3) is 2.46. The Labute approximate surface area is 132 Å². The van der Waals surface area contributed by atoms with Gasteiger partial charge in [-0.15, -0.1) is 0 Å². The van der Waals surface area contributed by atoms with Gasteiger partial charge in [0.1, 0.15) is 0 Å². The zero-order valence-electron chi connectivity index (χ0n) is 11.0. The normalized spacial score (nSPS) is 15.2. The van der Waals surface area contributed by atoms with Crippen LogP contribution in [0, 0.1) is 0 Å². The molecule has 2 nitrogen and oxygen atoms in total. The van der Waals surface area contributed by atoms with Gasteiger partial charge in [-0.25, -0.2) is 0 Å². The van der Waals surface area contributed by atoms with Gasteiger partial charge in [-0.1, -0.05) is 51.8 Å². The molecule has 104 valence electrons. The van der Waals surface area contributed by atoms with E-state index in [1.54, 1.807) is 0 Å². The number of nitrogens with two attached hydrogens (primary N) is 1. The molecule has 0 fully saturated rings. The SMILES string of the molecule is NCC(c1ccc(Br)cc1Cl)N1CCc2ccccc21. The highest BCUT2D eigenvalue weighted by atomic mass is 79.9. The Balaban J connectivity index is 1.99. The molecule has 20 heavy (non-hydrogen) atoms. The van der Waals surface area contributed by atoms with Crippen LogP contribution in [0.4, 0.5) is 5.69 Å². The molecule has 1 unspecified atom stereocenters. The number of hydrogen-bond acceptors (Lipinski definition) is 2. The second-order valence-corrected chi connectivity index (χ2v) is 6.31. The number of halogens is 2. The van der Waals surface area contributed by atoms with Gasteiger partial charge in [-0.05, 0) is 35.7 Å². The molecule has 0 spiro atoms. The summed E-state index contributed by atoms with van der Waals surface area (Å²) in [4.78, 5) is 2.37. The topological polar surface area (TPSA) is 29.3 Å². The predicted octanol–water partition coefficient (Wildman–Crippen LogP) is 4.17. The fraction of sp³-hybridized carbons (Fsp3) is 0.250. The fourth-order valence-electron chi connectivity index (χ4n) is 2.88. The molecule has 0 amide bonds. The molecule has 0 radical (unpaired) electrons. The lowest BCUT2D eigenvalue weighted by atomic mass is 10.0. The average Bonchev–Trinajstić information content (AvgIpc) is 2.86. The standard InChI is InChI=1S/C16H16BrClN2/c17-12-5-6-13(14(18)9-12)16(10-19)20-8-7-11-3-1-2-4-15(11)20/h1-6,9,16H,7-8,10,19H2. The summed E-state index contributed by atoms with van der Waals surface area (Å²) in [5.74, 6) is 0. The highest BCUT2D eigenvalue weighted by Gasteiger charge is 2.27. The summed E-state index contributed by atoms with van der Waals surface area (Å²) in [6.45, 7) is 1.54. The monoisotopic (exact) mass is 350 g/mol. The maximum Gasteiger partial charge on any atom is 0.0679 e. The fourth-order valence-corrected chi connectivity index (χ4v) is 3.68. The number of anilines is 1. The van der Waals surface area contributed by atoms with Crippen molar-refractivity contribution < 1.29 is 0 Å². The smallest absolute Gasteiger partial charge is 0.0679 e. The maximum absolute atomic E-state index is 6.40. The van der Waals surface area contributed by atoms with E-state index >= 15 is 0 Å². The van der Waals surface area contributed by atoms with Gasteiger partial charge in [-0.3, -0.25) is 0 Å². The summed E-state index contributed by atoms with van der Waals surface area (Å²) in [5, 5.41) is 0.763. The van der Waals surface area contributed by atoms with E-state index in [9.17, 15) is 0 Å². The van der Waals surface area contributed by atoms with E-state index in [4.69, 9.17) is 17.3 Å². The molecule has 2 aromatic carbocycles. The van der Waals surface area contributed by atoms with E-state index in [1.165, 1.54) is 11.3 Å². The second kappa shape index (κ2) is 5.76. The van der Waals surface area contributed by atoms with Crippen LogP contribution in [-0.4, -0.2) is 13.1 Å². The van der Waals surface area contributed by atoms with Crippen molar-refractivity contribution in [3.63, 3.8) is 0 Å². The van der Waals surface area contributed by atoms with E-state index < -0.39 is 0 Å². The molecule has 2 aromatic rings. The van der Waals surface area contributed by atoms with Crippen LogP contribution in [0.2, 0.25) is 5.02 Å². The highest BCUT2D eigenvalue weighted by molar-refractivity contribution is 9.10. The van der Waals surface area contributed by atoms with E-state index in [0.717, 1.165) is 28.0 Å². The zero-order valence-corrected chi connectivity index (χ0v) is 13.4. The number of rotatable bonds is 3. The Morgan fingerprint density at radius 1 is 1.25 bits per heavy atom. The third-order valence-corrected chi connectivity index (χ3v) is 4.66. The quantitative estimate of drug-likeness (QED) is 0.899. The molecule has 0 saturated carbocycles. The molecule has 1 atom stereocenters. The minimum Gasteiger partial charge on any atom is -0.363 e. The third-order valence-electron chi connectivity index (χ3n) is 3.84. The van der Waals surface area contributed by atoms with E-state index in [0.29, 0.717) is 6.54 Å². The number of nitrogens with zero attached hydrogens (tertiary/aromatic N) is 1. The lowest BCUT2D eigenvalue weighted by molar-refractivity contribution is 0.649. The van der Waals surface area contributed by atoms with Gasteiger partial charge in [0, 0.05) is 28.3 Å². The first kappa shape index (κ1) is 13.9. The van der Waals surface area contributed by atoms with Gasteiger partial charge in [0.25, 0.3) is 0 Å². The van der Waals surface area contributed by atoms with Crippen LogP contribution in [0.15, 0.2) is 46.9 Å². The molecular weight excluding hydrogens is 336 g/mol. The van der Waals surface area contributed by atoms with Gasteiger partial charge in [0.2, 0.25) is 0 Å². The van der Waals surface area contributed by atoms with Crippen LogP contribution in [0.5, 0.6) is 0 Å². The average molecular weight is 352 g/mol. The first-order valence-electron chi connectivity index (χ1n) is 6.70. The van der Waals surface area contributed by atoms with Crippen molar-refractivity contribution in [3.8, 4) is 0 Å². The van der Waals surface area contributed by atoms with Crippen molar-refractivity contribution in [2.45, 2.75) is 12.5 Å². The molecule has 1 aliphatic rings. The van der Waals surface area contributed by atoms with Gasteiger partial charge in [-0.2, -0.15) is 0 Å². The largest absolute Gasteiger partial charge is 0.363 e. The van der Waals surface area contributed by atoms with Gasteiger partial charge in [0.05, 0.1) is 6.04 Å². The van der Waals surface area contributed by atoms with Crippen LogP contribution in [0.3, 0.4) is 0 Å². The second-order valence-electron chi connectivity index (χ2n) is 4.99. The Kier molecular flexibility index (Phi) is 4.01. The Bertz CT molecular complexity index is 630. The summed E-state index contributed by atoms with van der Waals surface area (Å²) in [6.07, 6.45) is 1.07. The maximum atomic E-state index is 6.40. The van der Waals surface area contributed by atoms with Gasteiger partial charge < -0.3 is 10.6 Å². The molecule has 3 rings (SSSR count). The summed E-state index contributed by atoms with van der Waals surface area (Å²) in [7, 11) is 0. The van der Waals surface area contributed by atoms with E-state index in [-0.39, 0.29) is 6.04 Å². The van der Waals surface area contributed by atoms with E-state index in [1.807, 2.05) is 12.1 Å².